The van der Waals surface area contributed by atoms with Gasteiger partial charge in [0.15, 0.2) is 0 Å². The first kappa shape index (κ1) is 16.5. The number of nitrogens with one attached hydrogen (secondary N) is 2. The van der Waals surface area contributed by atoms with Crippen LogP contribution in [0, 0.1) is 0 Å². The molecule has 0 aliphatic carbocycles. The molecule has 110 valence electrons. The first-order valence-electron chi connectivity index (χ1n) is 6.07. The van der Waals surface area contributed by atoms with Gasteiger partial charge in [-0.3, -0.25) is 9.59 Å². The van der Waals surface area contributed by atoms with Gasteiger partial charge in [0.05, 0.1) is 30.7 Å². The number of hydrogen-bond acceptors (Lipinski definition) is 4. The van der Waals surface area contributed by atoms with E-state index in [1.54, 1.807) is 7.11 Å². The number of ether oxygens (including phenoxy) is 1. The van der Waals surface area contributed by atoms with Gasteiger partial charge in [0.25, 0.3) is 0 Å². The fourth-order valence-corrected chi connectivity index (χ4v) is 2.14. The number of nitrogens with two attached hydrogens (primary N) is 1. The lowest BCUT2D eigenvalue weighted by Crippen LogP contribution is -2.40. The van der Waals surface area contributed by atoms with Gasteiger partial charge < -0.3 is 21.1 Å². The lowest BCUT2D eigenvalue weighted by Gasteiger charge is -2.16. The van der Waals surface area contributed by atoms with Crippen molar-refractivity contribution in [1.82, 2.24) is 10.6 Å². The molecule has 1 atom stereocenters. The van der Waals surface area contributed by atoms with Crippen LogP contribution in [0.1, 0.15) is 18.5 Å². The number of amides is 2. The maximum absolute atomic E-state index is 11.7. The molecule has 0 saturated heterocycles. The zero-order valence-corrected chi connectivity index (χ0v) is 13.0. The average Bonchev–Trinajstić information content (AvgIpc) is 2.44. The summed E-state index contributed by atoms with van der Waals surface area (Å²) in [6.45, 7) is 1.64. The minimum Gasteiger partial charge on any atom is -0.496 e. The number of methoxy groups -OCH3 is 1. The molecule has 0 bridgehead atoms. The van der Waals surface area contributed by atoms with Gasteiger partial charge >= 0.3 is 0 Å². The van der Waals surface area contributed by atoms with Crippen LogP contribution in [0.5, 0.6) is 5.75 Å². The van der Waals surface area contributed by atoms with Gasteiger partial charge in [0.2, 0.25) is 11.8 Å². The Hall–Kier alpha value is -1.60. The predicted molar refractivity (Wildman–Crippen MR) is 79.3 cm³/mol. The van der Waals surface area contributed by atoms with Gasteiger partial charge in [0, 0.05) is 0 Å². The SMILES string of the molecule is COc1ccc(C(C)NC(=O)CNC(=O)CN)cc1Br. The minimum absolute atomic E-state index is 0.0856. The highest BCUT2D eigenvalue weighted by Gasteiger charge is 2.12. The maximum Gasteiger partial charge on any atom is 0.239 e. The van der Waals surface area contributed by atoms with Crippen LogP contribution in [0.25, 0.3) is 0 Å². The first-order chi connectivity index (χ1) is 9.47. The molecule has 1 unspecified atom stereocenters. The second-order valence-electron chi connectivity index (χ2n) is 4.16. The standard InChI is InChI=1S/C13H18BrN3O3/c1-8(17-13(19)7-16-12(18)6-15)9-3-4-11(20-2)10(14)5-9/h3-5,8H,6-7,15H2,1-2H3,(H,16,18)(H,17,19). The van der Waals surface area contributed by atoms with Crippen LogP contribution >= 0.6 is 15.9 Å². The van der Waals surface area contributed by atoms with E-state index < -0.39 is 0 Å². The lowest BCUT2D eigenvalue weighted by atomic mass is 10.1. The summed E-state index contributed by atoms with van der Waals surface area (Å²) in [7, 11) is 1.59. The second kappa shape index (κ2) is 7.86. The number of halogens is 1. The van der Waals surface area contributed by atoms with E-state index in [1.165, 1.54) is 0 Å². The summed E-state index contributed by atoms with van der Waals surface area (Å²) in [5, 5.41) is 5.20. The molecular formula is C13H18BrN3O3. The van der Waals surface area contributed by atoms with Crippen molar-refractivity contribution in [1.29, 1.82) is 0 Å². The van der Waals surface area contributed by atoms with Gasteiger partial charge in [-0.25, -0.2) is 0 Å². The number of rotatable bonds is 6. The topological polar surface area (TPSA) is 93.5 Å². The third kappa shape index (κ3) is 4.82. The molecule has 4 N–H and O–H groups in total. The molecule has 7 heteroatoms. The highest BCUT2D eigenvalue weighted by molar-refractivity contribution is 9.10. The largest absolute Gasteiger partial charge is 0.496 e. The molecule has 6 nitrogen and oxygen atoms in total. The fraction of sp³-hybridized carbons (Fsp3) is 0.385. The smallest absolute Gasteiger partial charge is 0.239 e. The van der Waals surface area contributed by atoms with Crippen molar-refractivity contribution in [3.63, 3.8) is 0 Å². The van der Waals surface area contributed by atoms with Crippen LogP contribution in [0.2, 0.25) is 0 Å². The first-order valence-corrected chi connectivity index (χ1v) is 6.86. The number of benzene rings is 1. The van der Waals surface area contributed by atoms with Crippen molar-refractivity contribution in [3.05, 3.63) is 28.2 Å². The molecule has 0 spiro atoms. The Labute approximate surface area is 126 Å². The fourth-order valence-electron chi connectivity index (χ4n) is 1.58. The summed E-state index contributed by atoms with van der Waals surface area (Å²) < 4.78 is 5.96. The summed E-state index contributed by atoms with van der Waals surface area (Å²) in [5.41, 5.74) is 6.06. The molecule has 2 amide bonds. The Balaban J connectivity index is 2.57. The van der Waals surface area contributed by atoms with E-state index in [4.69, 9.17) is 10.5 Å². The Kier molecular flexibility index (Phi) is 6.47. The highest BCUT2D eigenvalue weighted by atomic mass is 79.9. The molecule has 1 rings (SSSR count). The molecule has 0 heterocycles. The summed E-state index contributed by atoms with van der Waals surface area (Å²) in [6.07, 6.45) is 0. The summed E-state index contributed by atoms with van der Waals surface area (Å²) in [5.74, 6) is 0.0914. The van der Waals surface area contributed by atoms with Crippen molar-refractivity contribution in [2.45, 2.75) is 13.0 Å². The zero-order chi connectivity index (χ0) is 15.1. The van der Waals surface area contributed by atoms with Crippen molar-refractivity contribution in [3.8, 4) is 5.75 Å². The number of hydrogen-bond donors (Lipinski definition) is 3. The van der Waals surface area contributed by atoms with E-state index >= 15 is 0 Å². The molecule has 0 fully saturated rings. The molecule has 20 heavy (non-hydrogen) atoms. The zero-order valence-electron chi connectivity index (χ0n) is 11.4. The number of carbonyl (C=O) groups is 2. The van der Waals surface area contributed by atoms with Crippen molar-refractivity contribution >= 4 is 27.7 Å². The van der Waals surface area contributed by atoms with Crippen molar-refractivity contribution in [2.75, 3.05) is 20.2 Å². The summed E-state index contributed by atoms with van der Waals surface area (Å²) in [4.78, 5) is 22.6. The van der Waals surface area contributed by atoms with E-state index in [1.807, 2.05) is 25.1 Å². The van der Waals surface area contributed by atoms with Crippen molar-refractivity contribution in [2.24, 2.45) is 5.73 Å². The summed E-state index contributed by atoms with van der Waals surface area (Å²) >= 11 is 3.39. The molecule has 1 aromatic carbocycles. The number of carbonyl (C=O) groups excluding carboxylic acids is 2. The summed E-state index contributed by atoms with van der Waals surface area (Å²) in [6, 6.07) is 5.38. The van der Waals surface area contributed by atoms with Crippen LogP contribution in [0.15, 0.2) is 22.7 Å². The maximum atomic E-state index is 11.7. The van der Waals surface area contributed by atoms with Gasteiger partial charge in [-0.15, -0.1) is 0 Å². The molecule has 0 radical (unpaired) electrons. The van der Waals surface area contributed by atoms with Gasteiger partial charge in [0.1, 0.15) is 5.75 Å². The van der Waals surface area contributed by atoms with Crippen LogP contribution in [-0.2, 0) is 9.59 Å². The van der Waals surface area contributed by atoms with Crippen LogP contribution in [0.4, 0.5) is 0 Å². The van der Waals surface area contributed by atoms with E-state index in [9.17, 15) is 9.59 Å². The molecule has 0 aromatic heterocycles. The van der Waals surface area contributed by atoms with Crippen LogP contribution in [0.3, 0.4) is 0 Å². The van der Waals surface area contributed by atoms with Gasteiger partial charge in [-0.1, -0.05) is 6.07 Å². The quantitative estimate of drug-likeness (QED) is 0.709. The Morgan fingerprint density at radius 3 is 2.65 bits per heavy atom. The van der Waals surface area contributed by atoms with Gasteiger partial charge in [-0.05, 0) is 40.5 Å². The lowest BCUT2D eigenvalue weighted by molar-refractivity contribution is -0.125. The third-order valence-electron chi connectivity index (χ3n) is 2.68. The molecular weight excluding hydrogens is 326 g/mol. The van der Waals surface area contributed by atoms with Crippen molar-refractivity contribution < 1.29 is 14.3 Å². The van der Waals surface area contributed by atoms with Gasteiger partial charge in [-0.2, -0.15) is 0 Å². The highest BCUT2D eigenvalue weighted by Crippen LogP contribution is 2.27. The predicted octanol–water partition coefficient (Wildman–Crippen LogP) is 0.710. The Morgan fingerprint density at radius 1 is 1.40 bits per heavy atom. The van der Waals surface area contributed by atoms with E-state index in [-0.39, 0.29) is 30.9 Å². The third-order valence-corrected chi connectivity index (χ3v) is 3.30. The van der Waals surface area contributed by atoms with Crippen LogP contribution in [-0.4, -0.2) is 32.0 Å². The molecule has 0 aliphatic rings. The van der Waals surface area contributed by atoms with E-state index in [0.717, 1.165) is 15.8 Å². The van der Waals surface area contributed by atoms with E-state index in [2.05, 4.69) is 26.6 Å². The molecule has 0 aliphatic heterocycles. The second-order valence-corrected chi connectivity index (χ2v) is 5.02. The monoisotopic (exact) mass is 343 g/mol. The normalized spacial score (nSPS) is 11.6. The van der Waals surface area contributed by atoms with E-state index in [0.29, 0.717) is 0 Å². The Bertz CT molecular complexity index is 494. The van der Waals surface area contributed by atoms with Crippen LogP contribution < -0.4 is 21.1 Å². The average molecular weight is 344 g/mol. The Morgan fingerprint density at radius 2 is 2.10 bits per heavy atom. The molecule has 0 saturated carbocycles. The molecule has 1 aromatic rings. The minimum atomic E-state index is -0.361.